The van der Waals surface area contributed by atoms with Gasteiger partial charge in [0.1, 0.15) is 0 Å². The summed E-state index contributed by atoms with van der Waals surface area (Å²) in [5, 5.41) is 3.03. The second-order valence-electron chi connectivity index (χ2n) is 6.03. The maximum atomic E-state index is 14.2. The lowest BCUT2D eigenvalue weighted by atomic mass is 9.95. The first-order valence-electron chi connectivity index (χ1n) is 8.13. The molecule has 0 saturated heterocycles. The van der Waals surface area contributed by atoms with Crippen molar-refractivity contribution in [2.75, 3.05) is 0 Å². The van der Waals surface area contributed by atoms with Gasteiger partial charge >= 0.3 is 0 Å². The maximum absolute atomic E-state index is 14.2. The first kappa shape index (κ1) is 15.3. The summed E-state index contributed by atoms with van der Waals surface area (Å²) in [4.78, 5) is 0. The number of benzene rings is 2. The molecule has 2 aromatic carbocycles. The van der Waals surface area contributed by atoms with Crippen LogP contribution in [0.25, 0.3) is 0 Å². The Labute approximate surface area is 133 Å². The summed E-state index contributed by atoms with van der Waals surface area (Å²) in [6, 6.07) is 20.0. The van der Waals surface area contributed by atoms with E-state index in [1.165, 1.54) is 24.8 Å². The number of hydrogen-bond donors (Lipinski definition) is 0. The highest BCUT2D eigenvalue weighted by Gasteiger charge is 2.31. The molecule has 1 aliphatic carbocycles. The fraction of sp³-hybridized carbons (Fsp3) is 0.300. The zero-order chi connectivity index (χ0) is 15.4. The van der Waals surface area contributed by atoms with E-state index in [4.69, 9.17) is 0 Å². The third-order valence-corrected chi connectivity index (χ3v) is 7.99. The van der Waals surface area contributed by atoms with Crippen LogP contribution in [0.1, 0.15) is 39.0 Å². The Morgan fingerprint density at radius 3 is 1.68 bits per heavy atom. The lowest BCUT2D eigenvalue weighted by molar-refractivity contribution is 0.582. The molecule has 3 rings (SSSR count). The van der Waals surface area contributed by atoms with Gasteiger partial charge in [0.05, 0.1) is 0 Å². The van der Waals surface area contributed by atoms with E-state index in [1.54, 1.807) is 0 Å². The van der Waals surface area contributed by atoms with Gasteiger partial charge in [0.2, 0.25) is 0 Å². The third-order valence-electron chi connectivity index (χ3n) is 4.68. The van der Waals surface area contributed by atoms with Crippen LogP contribution in [0.3, 0.4) is 0 Å². The van der Waals surface area contributed by atoms with Crippen molar-refractivity contribution in [1.82, 2.24) is 0 Å². The smallest absolute Gasteiger partial charge is 0.166 e. The van der Waals surface area contributed by atoms with Gasteiger partial charge in [-0.05, 0) is 37.9 Å². The molecule has 114 valence electrons. The Morgan fingerprint density at radius 2 is 1.23 bits per heavy atom. The molecule has 0 aromatic heterocycles. The van der Waals surface area contributed by atoms with Crippen LogP contribution in [0.4, 0.5) is 0 Å². The summed E-state index contributed by atoms with van der Waals surface area (Å²) in [5.41, 5.74) is 1.42. The Hall–Kier alpha value is -1.59. The minimum absolute atomic E-state index is 0.955. The van der Waals surface area contributed by atoms with Gasteiger partial charge in [0.25, 0.3) is 0 Å². The fourth-order valence-electron chi connectivity index (χ4n) is 3.38. The summed E-state index contributed by atoms with van der Waals surface area (Å²) in [6.07, 6.45) is 5.98. The number of hydrogen-bond acceptors (Lipinski definition) is 1. The summed E-state index contributed by atoms with van der Waals surface area (Å²) in [5.74, 6) is 0. The molecule has 0 heterocycles. The van der Waals surface area contributed by atoms with E-state index in [1.807, 2.05) is 60.7 Å². The molecule has 0 amide bonds. The fourth-order valence-corrected chi connectivity index (χ4v) is 6.30. The van der Waals surface area contributed by atoms with E-state index in [2.05, 4.69) is 6.92 Å². The van der Waals surface area contributed by atoms with Crippen molar-refractivity contribution in [1.29, 1.82) is 0 Å². The summed E-state index contributed by atoms with van der Waals surface area (Å²) in [6.45, 7) is 2.10. The van der Waals surface area contributed by atoms with Crippen LogP contribution in [0.2, 0.25) is 0 Å². The lowest BCUT2D eigenvalue weighted by Gasteiger charge is -2.25. The van der Waals surface area contributed by atoms with Crippen molar-refractivity contribution in [2.24, 2.45) is 0 Å². The van der Waals surface area contributed by atoms with Crippen LogP contribution >= 0.6 is 7.14 Å². The van der Waals surface area contributed by atoms with Gasteiger partial charge in [-0.3, -0.25) is 0 Å². The van der Waals surface area contributed by atoms with Gasteiger partial charge in [-0.25, -0.2) is 0 Å². The first-order valence-corrected chi connectivity index (χ1v) is 9.84. The molecule has 0 radical (unpaired) electrons. The lowest BCUT2D eigenvalue weighted by Crippen LogP contribution is -2.17. The van der Waals surface area contributed by atoms with E-state index < -0.39 is 7.14 Å². The third kappa shape index (κ3) is 2.83. The highest BCUT2D eigenvalue weighted by Crippen LogP contribution is 2.54. The Kier molecular flexibility index (Phi) is 4.64. The van der Waals surface area contributed by atoms with Crippen molar-refractivity contribution in [3.05, 3.63) is 71.6 Å². The molecule has 2 heteroatoms. The first-order chi connectivity index (χ1) is 10.7. The van der Waals surface area contributed by atoms with Crippen LogP contribution in [-0.2, 0) is 4.57 Å². The average Bonchev–Trinajstić information content (AvgIpc) is 2.62. The second kappa shape index (κ2) is 6.67. The molecule has 0 atom stereocenters. The molecule has 1 fully saturated rings. The topological polar surface area (TPSA) is 17.1 Å². The minimum Gasteiger partial charge on any atom is -0.309 e. The van der Waals surface area contributed by atoms with E-state index in [0.29, 0.717) is 0 Å². The van der Waals surface area contributed by atoms with Crippen LogP contribution < -0.4 is 10.6 Å². The zero-order valence-corrected chi connectivity index (χ0v) is 14.1. The van der Waals surface area contributed by atoms with E-state index >= 15 is 0 Å². The summed E-state index contributed by atoms with van der Waals surface area (Å²) >= 11 is 0. The minimum atomic E-state index is -2.70. The summed E-state index contributed by atoms with van der Waals surface area (Å²) in [7, 11) is -2.70. The van der Waals surface area contributed by atoms with Gasteiger partial charge in [-0.2, -0.15) is 0 Å². The average molecular weight is 310 g/mol. The molecule has 0 unspecified atom stereocenters. The number of allylic oxidation sites excluding steroid dienone is 2. The van der Waals surface area contributed by atoms with Crippen LogP contribution in [0.15, 0.2) is 71.6 Å². The van der Waals surface area contributed by atoms with Crippen LogP contribution in [0, 0.1) is 0 Å². The molecule has 2 aromatic rings. The van der Waals surface area contributed by atoms with Crippen molar-refractivity contribution < 1.29 is 4.57 Å². The Bertz CT molecular complexity index is 650. The molecular weight excluding hydrogens is 287 g/mol. The monoisotopic (exact) mass is 310 g/mol. The van der Waals surface area contributed by atoms with Crippen molar-refractivity contribution in [2.45, 2.75) is 39.0 Å². The van der Waals surface area contributed by atoms with Gasteiger partial charge < -0.3 is 4.57 Å². The molecule has 22 heavy (non-hydrogen) atoms. The molecule has 0 aliphatic heterocycles. The van der Waals surface area contributed by atoms with E-state index in [0.717, 1.165) is 28.8 Å². The maximum Gasteiger partial charge on any atom is 0.166 e. The Morgan fingerprint density at radius 1 is 0.773 bits per heavy atom. The molecule has 1 saturated carbocycles. The van der Waals surface area contributed by atoms with Gasteiger partial charge in [-0.1, -0.05) is 72.7 Å². The van der Waals surface area contributed by atoms with Gasteiger partial charge in [0.15, 0.2) is 7.14 Å². The van der Waals surface area contributed by atoms with Crippen molar-refractivity contribution >= 4 is 17.8 Å². The van der Waals surface area contributed by atoms with Crippen LogP contribution in [-0.4, -0.2) is 0 Å². The largest absolute Gasteiger partial charge is 0.309 e. The highest BCUT2D eigenvalue weighted by molar-refractivity contribution is 7.82. The van der Waals surface area contributed by atoms with Gasteiger partial charge in [0, 0.05) is 10.6 Å². The normalized spacial score (nSPS) is 15.6. The molecule has 0 spiro atoms. The van der Waals surface area contributed by atoms with Crippen molar-refractivity contribution in [3.8, 4) is 0 Å². The number of rotatable bonds is 3. The molecule has 0 bridgehead atoms. The van der Waals surface area contributed by atoms with Crippen molar-refractivity contribution in [3.63, 3.8) is 0 Å². The molecule has 0 N–H and O–H groups in total. The van der Waals surface area contributed by atoms with E-state index in [9.17, 15) is 4.57 Å². The molecule has 1 nitrogen and oxygen atoms in total. The molecule has 1 aliphatic rings. The summed E-state index contributed by atoms with van der Waals surface area (Å²) < 4.78 is 14.2. The standard InChI is InChI=1S/C20H23OP/c1-17(18-11-5-2-6-12-18)22(21,19-13-7-3-8-14-19)20-15-9-4-10-16-20/h3-4,7-10,13-16H,2,5-6,11-12H2,1H3. The predicted octanol–water partition coefficient (Wildman–Crippen LogP) is 5.24. The van der Waals surface area contributed by atoms with E-state index in [-0.39, 0.29) is 0 Å². The quantitative estimate of drug-likeness (QED) is 0.709. The highest BCUT2D eigenvalue weighted by atomic mass is 31.2. The Balaban J connectivity index is 2.18. The second-order valence-corrected chi connectivity index (χ2v) is 8.95. The van der Waals surface area contributed by atoms with Crippen LogP contribution in [0.5, 0.6) is 0 Å². The molecular formula is C20H23OP. The predicted molar refractivity (Wildman–Crippen MR) is 95.5 cm³/mol. The zero-order valence-electron chi connectivity index (χ0n) is 13.2. The van der Waals surface area contributed by atoms with Gasteiger partial charge in [-0.15, -0.1) is 0 Å². The SMILES string of the molecule is CC(=C1CCCCC1)P(=O)(c1ccccc1)c1ccccc1.